The molecule has 0 amide bonds. The number of hydrogen-bond donors (Lipinski definition) is 1. The van der Waals surface area contributed by atoms with Gasteiger partial charge < -0.3 is 9.47 Å². The first-order chi connectivity index (χ1) is 16.0. The van der Waals surface area contributed by atoms with Crippen LogP contribution in [0.2, 0.25) is 0 Å². The van der Waals surface area contributed by atoms with Crippen molar-refractivity contribution in [1.82, 2.24) is 19.3 Å². The predicted molar refractivity (Wildman–Crippen MR) is 128 cm³/mol. The van der Waals surface area contributed by atoms with Gasteiger partial charge in [0.15, 0.2) is 5.03 Å². The van der Waals surface area contributed by atoms with E-state index in [1.165, 1.54) is 12.3 Å². The molecule has 1 aliphatic rings. The summed E-state index contributed by atoms with van der Waals surface area (Å²) in [5.74, 6) is 0. The highest BCUT2D eigenvalue weighted by molar-refractivity contribution is 7.89. The van der Waals surface area contributed by atoms with Crippen LogP contribution in [0.15, 0.2) is 90.5 Å². The Hall–Kier alpha value is -3.49. The van der Waals surface area contributed by atoms with E-state index < -0.39 is 10.0 Å². The Balaban J connectivity index is 1.49. The molecule has 168 valence electrons. The van der Waals surface area contributed by atoms with Crippen molar-refractivity contribution in [2.75, 3.05) is 11.4 Å². The van der Waals surface area contributed by atoms with Crippen LogP contribution in [0.5, 0.6) is 0 Å². The van der Waals surface area contributed by atoms with E-state index in [0.29, 0.717) is 19.5 Å². The van der Waals surface area contributed by atoms with Gasteiger partial charge in [0.25, 0.3) is 10.0 Å². The van der Waals surface area contributed by atoms with E-state index in [1.807, 2.05) is 36.0 Å². The number of nitrogens with zero attached hydrogens (tertiary/aromatic N) is 4. The molecule has 33 heavy (non-hydrogen) atoms. The third-order valence-electron chi connectivity index (χ3n) is 5.94. The Morgan fingerprint density at radius 2 is 1.85 bits per heavy atom. The van der Waals surface area contributed by atoms with Crippen LogP contribution in [0.25, 0.3) is 11.1 Å². The van der Waals surface area contributed by atoms with Crippen molar-refractivity contribution in [3.05, 3.63) is 96.7 Å². The van der Waals surface area contributed by atoms with Gasteiger partial charge in [0, 0.05) is 37.7 Å². The van der Waals surface area contributed by atoms with Gasteiger partial charge in [-0.2, -0.15) is 0 Å². The molecule has 0 saturated heterocycles. The summed E-state index contributed by atoms with van der Waals surface area (Å²) in [7, 11) is -1.76. The molecule has 0 aliphatic carbocycles. The highest BCUT2D eigenvalue weighted by atomic mass is 32.2. The van der Waals surface area contributed by atoms with Crippen molar-refractivity contribution < 1.29 is 8.42 Å². The molecule has 2 aromatic carbocycles. The zero-order valence-electron chi connectivity index (χ0n) is 18.3. The Morgan fingerprint density at radius 3 is 2.58 bits per heavy atom. The average molecular weight is 460 g/mol. The molecule has 1 atom stereocenters. The fraction of sp³-hybridized carbons (Fsp3) is 0.200. The second-order valence-electron chi connectivity index (χ2n) is 8.28. The van der Waals surface area contributed by atoms with Crippen LogP contribution in [0.3, 0.4) is 0 Å². The number of imidazole rings is 1. The van der Waals surface area contributed by atoms with Gasteiger partial charge in [-0.15, -0.1) is 0 Å². The summed E-state index contributed by atoms with van der Waals surface area (Å²) in [6.07, 6.45) is 5.72. The molecule has 5 rings (SSSR count). The summed E-state index contributed by atoms with van der Waals surface area (Å²) in [4.78, 5) is 10.5. The lowest BCUT2D eigenvalue weighted by Gasteiger charge is -2.36. The van der Waals surface area contributed by atoms with E-state index in [1.54, 1.807) is 18.5 Å². The Kier molecular flexibility index (Phi) is 5.70. The lowest BCUT2D eigenvalue weighted by atomic mass is 9.94. The molecule has 0 bridgehead atoms. The molecule has 1 N–H and O–H groups in total. The van der Waals surface area contributed by atoms with Crippen molar-refractivity contribution in [3.63, 3.8) is 0 Å². The largest absolute Gasteiger partial charge is 0.364 e. The van der Waals surface area contributed by atoms with E-state index in [2.05, 4.69) is 49.9 Å². The van der Waals surface area contributed by atoms with Gasteiger partial charge in [0.05, 0.1) is 18.6 Å². The smallest absolute Gasteiger partial charge is 0.258 e. The zero-order valence-corrected chi connectivity index (χ0v) is 19.1. The maximum atomic E-state index is 13.0. The van der Waals surface area contributed by atoms with Gasteiger partial charge in [-0.05, 0) is 47.4 Å². The molecule has 0 saturated carbocycles. The second kappa shape index (κ2) is 8.80. The number of rotatable bonds is 6. The van der Waals surface area contributed by atoms with Crippen molar-refractivity contribution >= 4 is 15.7 Å². The van der Waals surface area contributed by atoms with Crippen LogP contribution in [0.4, 0.5) is 5.69 Å². The molecular formula is C25H25N5O2S. The summed E-state index contributed by atoms with van der Waals surface area (Å²) in [5, 5.41) is 0.0343. The normalized spacial score (nSPS) is 15.9. The van der Waals surface area contributed by atoms with E-state index in [4.69, 9.17) is 0 Å². The molecule has 8 heteroatoms. The van der Waals surface area contributed by atoms with Crippen molar-refractivity contribution in [1.29, 1.82) is 0 Å². The molecule has 2 aromatic heterocycles. The minimum Gasteiger partial charge on any atom is -0.364 e. The number of hydrogen-bond acceptors (Lipinski definition) is 5. The number of sulfonamides is 1. The van der Waals surface area contributed by atoms with Gasteiger partial charge in [0.2, 0.25) is 0 Å². The molecule has 1 unspecified atom stereocenters. The molecule has 0 spiro atoms. The highest BCUT2D eigenvalue weighted by Gasteiger charge is 2.29. The lowest BCUT2D eigenvalue weighted by Crippen LogP contribution is -2.48. The SMILES string of the molecule is Cn1cncc1CN1CC(NS(=O)(=O)c2ccccn2)Cc2cc(-c3ccccc3)ccc21. The van der Waals surface area contributed by atoms with Crippen LogP contribution in [0, 0.1) is 0 Å². The maximum absolute atomic E-state index is 13.0. The van der Waals surface area contributed by atoms with Crippen molar-refractivity contribution in [3.8, 4) is 11.1 Å². The standard InChI is InChI=1S/C25H25N5O2S/c1-29-18-26-15-23(29)17-30-16-22(28-33(31,32)25-9-5-6-12-27-25)14-21-13-20(10-11-24(21)30)19-7-3-2-4-8-19/h2-13,15,18,22,28H,14,16-17H2,1H3. The Bertz CT molecular complexity index is 1350. The number of aryl methyl sites for hydroxylation is 1. The first kappa shape index (κ1) is 21.4. The van der Waals surface area contributed by atoms with Gasteiger partial charge in [-0.3, -0.25) is 0 Å². The fourth-order valence-electron chi connectivity index (χ4n) is 4.31. The first-order valence-corrected chi connectivity index (χ1v) is 12.3. The van der Waals surface area contributed by atoms with Crippen molar-refractivity contribution in [2.24, 2.45) is 7.05 Å². The molecular weight excluding hydrogens is 434 g/mol. The molecule has 0 fully saturated rings. The van der Waals surface area contributed by atoms with Crippen LogP contribution < -0.4 is 9.62 Å². The zero-order chi connectivity index (χ0) is 22.8. The van der Waals surface area contributed by atoms with E-state index in [-0.39, 0.29) is 11.1 Å². The quantitative estimate of drug-likeness (QED) is 0.478. The number of nitrogens with one attached hydrogen (secondary N) is 1. The average Bonchev–Trinajstić information content (AvgIpc) is 3.24. The van der Waals surface area contributed by atoms with Gasteiger partial charge in [-0.1, -0.05) is 42.5 Å². The monoisotopic (exact) mass is 459 g/mol. The number of pyridine rings is 1. The molecule has 7 nitrogen and oxygen atoms in total. The number of benzene rings is 2. The lowest BCUT2D eigenvalue weighted by molar-refractivity contribution is 0.520. The van der Waals surface area contributed by atoms with Crippen LogP contribution in [-0.4, -0.2) is 35.5 Å². The summed E-state index contributed by atoms with van der Waals surface area (Å²) >= 11 is 0. The van der Waals surface area contributed by atoms with Gasteiger partial charge >= 0.3 is 0 Å². The van der Waals surface area contributed by atoms with Crippen molar-refractivity contribution in [2.45, 2.75) is 24.0 Å². The number of fused-ring (bicyclic) bond motifs is 1. The summed E-state index contributed by atoms with van der Waals surface area (Å²) in [6.45, 7) is 1.19. The summed E-state index contributed by atoms with van der Waals surface area (Å²) in [5.41, 5.74) is 5.53. The first-order valence-electron chi connectivity index (χ1n) is 10.8. The summed E-state index contributed by atoms with van der Waals surface area (Å²) in [6, 6.07) is 21.3. The minimum atomic E-state index is -3.72. The second-order valence-corrected chi connectivity index (χ2v) is 9.94. The maximum Gasteiger partial charge on any atom is 0.258 e. The topological polar surface area (TPSA) is 80.1 Å². The molecule has 0 radical (unpaired) electrons. The minimum absolute atomic E-state index is 0.0343. The number of anilines is 1. The number of aromatic nitrogens is 3. The van der Waals surface area contributed by atoms with Crippen LogP contribution in [-0.2, 0) is 30.0 Å². The highest BCUT2D eigenvalue weighted by Crippen LogP contribution is 2.33. The van der Waals surface area contributed by atoms with Crippen LogP contribution in [0.1, 0.15) is 11.3 Å². The van der Waals surface area contributed by atoms with E-state index in [9.17, 15) is 8.42 Å². The molecule has 4 aromatic rings. The summed E-state index contributed by atoms with van der Waals surface area (Å²) < 4.78 is 30.8. The van der Waals surface area contributed by atoms with Gasteiger partial charge in [0.1, 0.15) is 0 Å². The third kappa shape index (κ3) is 4.53. The van der Waals surface area contributed by atoms with Gasteiger partial charge in [-0.25, -0.2) is 23.1 Å². The molecule has 1 aliphatic heterocycles. The Labute approximate surface area is 193 Å². The molecule has 3 heterocycles. The Morgan fingerprint density at radius 1 is 1.03 bits per heavy atom. The fourth-order valence-corrected chi connectivity index (χ4v) is 5.48. The predicted octanol–water partition coefficient (Wildman–Crippen LogP) is 3.39. The van der Waals surface area contributed by atoms with E-state index in [0.717, 1.165) is 28.1 Å². The third-order valence-corrected chi connectivity index (χ3v) is 7.37. The van der Waals surface area contributed by atoms with Crippen LogP contribution >= 0.6 is 0 Å². The van der Waals surface area contributed by atoms with E-state index >= 15 is 0 Å².